The van der Waals surface area contributed by atoms with Crippen molar-refractivity contribution in [2.45, 2.75) is 78.1 Å². The lowest BCUT2D eigenvalue weighted by Gasteiger charge is -2.40. The van der Waals surface area contributed by atoms with Crippen LogP contribution in [0, 0.1) is 35.1 Å². The minimum absolute atomic E-state index is 0.0682. The lowest BCUT2D eigenvalue weighted by molar-refractivity contribution is -0.145. The highest BCUT2D eigenvalue weighted by Crippen LogP contribution is 2.48. The summed E-state index contributed by atoms with van der Waals surface area (Å²) in [7, 11) is 0. The van der Waals surface area contributed by atoms with Crippen LogP contribution in [-0.2, 0) is 20.4 Å². The standard InChI is InChI=1S/C22H30F4O4/c1-7-21(8-2,11(5)19(27)28)13-15(23)17(25)14(18(26)16(13)24)22(9-3,10-4)12(6)20(29)30/h11-12H,7-10H2,1-6H3,(H,27,28)(H,29,30). The minimum Gasteiger partial charge on any atom is -0.481 e. The fourth-order valence-electron chi connectivity index (χ4n) is 4.84. The maximum absolute atomic E-state index is 15.3. The second-order valence-corrected chi connectivity index (χ2v) is 7.85. The van der Waals surface area contributed by atoms with Gasteiger partial charge in [0, 0.05) is 22.0 Å². The summed E-state index contributed by atoms with van der Waals surface area (Å²) >= 11 is 0. The summed E-state index contributed by atoms with van der Waals surface area (Å²) < 4.78 is 61.4. The van der Waals surface area contributed by atoms with Crippen molar-refractivity contribution in [2.24, 2.45) is 11.8 Å². The summed E-state index contributed by atoms with van der Waals surface area (Å²) in [6.07, 6.45) is -0.273. The molecular weight excluding hydrogens is 404 g/mol. The summed E-state index contributed by atoms with van der Waals surface area (Å²) in [5.41, 5.74) is -5.24. The molecule has 1 aromatic carbocycles. The van der Waals surface area contributed by atoms with Gasteiger partial charge in [0.15, 0.2) is 23.3 Å². The average molecular weight is 434 g/mol. The molecule has 0 aliphatic heterocycles. The molecule has 30 heavy (non-hydrogen) atoms. The number of carboxylic acid groups (broad SMARTS) is 2. The van der Waals surface area contributed by atoms with Crippen LogP contribution in [0.5, 0.6) is 0 Å². The lowest BCUT2D eigenvalue weighted by Crippen LogP contribution is -2.42. The molecule has 1 rings (SSSR count). The Balaban J connectivity index is 4.09. The number of benzene rings is 1. The number of hydrogen-bond acceptors (Lipinski definition) is 2. The van der Waals surface area contributed by atoms with E-state index in [9.17, 15) is 19.8 Å². The van der Waals surface area contributed by atoms with Crippen LogP contribution in [0.25, 0.3) is 0 Å². The van der Waals surface area contributed by atoms with Crippen LogP contribution < -0.4 is 0 Å². The first-order chi connectivity index (χ1) is 13.8. The number of carboxylic acids is 2. The second kappa shape index (κ2) is 9.35. The van der Waals surface area contributed by atoms with Crippen molar-refractivity contribution in [2.75, 3.05) is 0 Å². The van der Waals surface area contributed by atoms with Gasteiger partial charge in [0.2, 0.25) is 0 Å². The Bertz CT molecular complexity index is 718. The van der Waals surface area contributed by atoms with Gasteiger partial charge >= 0.3 is 11.9 Å². The van der Waals surface area contributed by atoms with Crippen molar-refractivity contribution in [1.82, 2.24) is 0 Å². The zero-order valence-electron chi connectivity index (χ0n) is 18.2. The topological polar surface area (TPSA) is 74.6 Å². The van der Waals surface area contributed by atoms with E-state index in [1.807, 2.05) is 0 Å². The van der Waals surface area contributed by atoms with Gasteiger partial charge in [-0.15, -0.1) is 0 Å². The molecule has 0 radical (unpaired) electrons. The highest BCUT2D eigenvalue weighted by molar-refractivity contribution is 5.73. The monoisotopic (exact) mass is 434 g/mol. The van der Waals surface area contributed by atoms with E-state index in [2.05, 4.69) is 0 Å². The van der Waals surface area contributed by atoms with E-state index in [-0.39, 0.29) is 25.7 Å². The maximum Gasteiger partial charge on any atom is 0.307 e. The fourth-order valence-corrected chi connectivity index (χ4v) is 4.84. The third-order valence-corrected chi connectivity index (χ3v) is 7.18. The second-order valence-electron chi connectivity index (χ2n) is 7.85. The zero-order chi connectivity index (χ0) is 23.6. The number of rotatable bonds is 10. The normalized spacial score (nSPS) is 14.5. The molecule has 0 amide bonds. The molecule has 0 aliphatic rings. The van der Waals surface area contributed by atoms with E-state index >= 15 is 17.6 Å². The largest absolute Gasteiger partial charge is 0.481 e. The number of halogens is 4. The number of carbonyl (C=O) groups is 2. The summed E-state index contributed by atoms with van der Waals surface area (Å²) in [4.78, 5) is 23.2. The average Bonchev–Trinajstić information content (AvgIpc) is 2.72. The van der Waals surface area contributed by atoms with Crippen LogP contribution >= 0.6 is 0 Å². The zero-order valence-corrected chi connectivity index (χ0v) is 18.2. The lowest BCUT2D eigenvalue weighted by atomic mass is 9.63. The van der Waals surface area contributed by atoms with E-state index in [1.54, 1.807) is 0 Å². The van der Waals surface area contributed by atoms with Crippen LogP contribution in [0.15, 0.2) is 0 Å². The Kier molecular flexibility index (Phi) is 8.08. The third-order valence-electron chi connectivity index (χ3n) is 7.18. The molecule has 0 bridgehead atoms. The van der Waals surface area contributed by atoms with Gasteiger partial charge in [-0.25, -0.2) is 17.6 Å². The van der Waals surface area contributed by atoms with E-state index in [4.69, 9.17) is 0 Å². The quantitative estimate of drug-likeness (QED) is 0.361. The molecule has 8 heteroatoms. The van der Waals surface area contributed by atoms with Crippen LogP contribution in [0.4, 0.5) is 17.6 Å². The minimum atomic E-state index is -1.68. The molecule has 4 nitrogen and oxygen atoms in total. The molecule has 2 atom stereocenters. The SMILES string of the molecule is CCC(CC)(c1c(F)c(F)c(C(CC)(CC)C(C)C(=O)O)c(F)c1F)C(C)C(=O)O. The molecule has 2 unspecified atom stereocenters. The summed E-state index contributed by atoms with van der Waals surface area (Å²) in [5, 5.41) is 18.9. The van der Waals surface area contributed by atoms with Gasteiger partial charge in [-0.3, -0.25) is 9.59 Å². The van der Waals surface area contributed by atoms with Crippen LogP contribution in [0.1, 0.15) is 78.4 Å². The van der Waals surface area contributed by atoms with Crippen LogP contribution in [0.2, 0.25) is 0 Å². The molecule has 0 fully saturated rings. The molecule has 0 heterocycles. The molecule has 0 spiro atoms. The van der Waals surface area contributed by atoms with Gasteiger partial charge in [-0.2, -0.15) is 0 Å². The Hall–Kier alpha value is -2.12. The summed E-state index contributed by atoms with van der Waals surface area (Å²) in [6.45, 7) is 8.49. The molecule has 2 N–H and O–H groups in total. The van der Waals surface area contributed by atoms with Crippen LogP contribution in [-0.4, -0.2) is 22.2 Å². The first kappa shape index (κ1) is 25.9. The van der Waals surface area contributed by atoms with Crippen molar-refractivity contribution in [1.29, 1.82) is 0 Å². The molecule has 0 aromatic heterocycles. The third kappa shape index (κ3) is 3.69. The molecule has 1 aromatic rings. The Labute approximate surface area is 174 Å². The first-order valence-corrected chi connectivity index (χ1v) is 10.2. The Morgan fingerprint density at radius 3 is 1.00 bits per heavy atom. The Morgan fingerprint density at radius 1 is 0.667 bits per heavy atom. The molecule has 0 saturated heterocycles. The fraction of sp³-hybridized carbons (Fsp3) is 0.636. The van der Waals surface area contributed by atoms with Gasteiger partial charge < -0.3 is 10.2 Å². The maximum atomic E-state index is 15.3. The summed E-state index contributed by atoms with van der Waals surface area (Å²) in [6, 6.07) is 0. The van der Waals surface area contributed by atoms with Crippen LogP contribution in [0.3, 0.4) is 0 Å². The van der Waals surface area contributed by atoms with E-state index in [0.29, 0.717) is 0 Å². The highest BCUT2D eigenvalue weighted by atomic mass is 19.2. The van der Waals surface area contributed by atoms with Gasteiger partial charge in [-0.05, 0) is 25.7 Å². The molecular formula is C22H30F4O4. The predicted octanol–water partition coefficient (Wildman–Crippen LogP) is 5.80. The van der Waals surface area contributed by atoms with Crippen molar-refractivity contribution in [3.8, 4) is 0 Å². The van der Waals surface area contributed by atoms with Gasteiger partial charge in [0.25, 0.3) is 0 Å². The highest BCUT2D eigenvalue weighted by Gasteiger charge is 2.49. The number of aliphatic carboxylic acids is 2. The van der Waals surface area contributed by atoms with Gasteiger partial charge in [-0.1, -0.05) is 41.5 Å². The number of hydrogen-bond donors (Lipinski definition) is 2. The molecule has 0 aliphatic carbocycles. The molecule has 0 saturated carbocycles. The van der Waals surface area contributed by atoms with Gasteiger partial charge in [0.05, 0.1) is 11.8 Å². The smallest absolute Gasteiger partial charge is 0.307 e. The van der Waals surface area contributed by atoms with Gasteiger partial charge in [0.1, 0.15) is 0 Å². The molecule has 170 valence electrons. The van der Waals surface area contributed by atoms with E-state index in [1.165, 1.54) is 41.5 Å². The van der Waals surface area contributed by atoms with Crippen molar-refractivity contribution in [3.05, 3.63) is 34.4 Å². The first-order valence-electron chi connectivity index (χ1n) is 10.2. The van der Waals surface area contributed by atoms with Crippen molar-refractivity contribution in [3.63, 3.8) is 0 Å². The van der Waals surface area contributed by atoms with Crippen molar-refractivity contribution >= 4 is 11.9 Å². The van der Waals surface area contributed by atoms with E-state index in [0.717, 1.165) is 0 Å². The Morgan fingerprint density at radius 2 is 0.867 bits per heavy atom. The predicted molar refractivity (Wildman–Crippen MR) is 104 cm³/mol. The van der Waals surface area contributed by atoms with E-state index < -0.39 is 69.0 Å². The summed E-state index contributed by atoms with van der Waals surface area (Å²) in [5.74, 6) is -12.0. The van der Waals surface area contributed by atoms with Crippen molar-refractivity contribution < 1.29 is 37.4 Å².